The van der Waals surface area contributed by atoms with E-state index in [1.165, 1.54) is 0 Å². The molecule has 4 nitrogen and oxygen atoms in total. The molecule has 0 aliphatic heterocycles. The molecule has 1 heterocycles. The van der Waals surface area contributed by atoms with Gasteiger partial charge in [-0.25, -0.2) is 0 Å². The molecule has 0 amide bonds. The Labute approximate surface area is 117 Å². The van der Waals surface area contributed by atoms with Crippen LogP contribution in [-0.2, 0) is 7.05 Å². The summed E-state index contributed by atoms with van der Waals surface area (Å²) in [5.74, 6) is 0.128. The fourth-order valence-electron chi connectivity index (χ4n) is 2.24. The SMILES string of the molecule is Cc1ccccc1N=Nc1c(O)n(C)c2ccccc12. The van der Waals surface area contributed by atoms with Gasteiger partial charge in [-0.2, -0.15) is 5.11 Å². The van der Waals surface area contributed by atoms with Crippen LogP contribution in [0, 0.1) is 6.92 Å². The predicted molar refractivity (Wildman–Crippen MR) is 79.9 cm³/mol. The summed E-state index contributed by atoms with van der Waals surface area (Å²) >= 11 is 0. The number of hydrogen-bond donors (Lipinski definition) is 1. The van der Waals surface area contributed by atoms with Gasteiger partial charge < -0.3 is 9.67 Å². The van der Waals surface area contributed by atoms with Crippen molar-refractivity contribution in [1.29, 1.82) is 0 Å². The van der Waals surface area contributed by atoms with Gasteiger partial charge >= 0.3 is 0 Å². The number of aromatic hydroxyl groups is 1. The van der Waals surface area contributed by atoms with Crippen molar-refractivity contribution in [3.8, 4) is 5.88 Å². The summed E-state index contributed by atoms with van der Waals surface area (Å²) in [6.45, 7) is 1.98. The fourth-order valence-corrected chi connectivity index (χ4v) is 2.24. The minimum atomic E-state index is 0.128. The van der Waals surface area contributed by atoms with Crippen molar-refractivity contribution in [2.45, 2.75) is 6.92 Å². The van der Waals surface area contributed by atoms with E-state index in [1.54, 1.807) is 4.57 Å². The summed E-state index contributed by atoms with van der Waals surface area (Å²) in [6.07, 6.45) is 0. The van der Waals surface area contributed by atoms with Crippen LogP contribution in [0.4, 0.5) is 11.4 Å². The van der Waals surface area contributed by atoms with Crippen LogP contribution in [0.2, 0.25) is 0 Å². The van der Waals surface area contributed by atoms with Gasteiger partial charge in [0.15, 0.2) is 5.69 Å². The van der Waals surface area contributed by atoms with Crippen molar-refractivity contribution in [3.05, 3.63) is 54.1 Å². The maximum atomic E-state index is 10.2. The average Bonchev–Trinajstić information content (AvgIpc) is 2.71. The zero-order valence-electron chi connectivity index (χ0n) is 11.4. The number of rotatable bonds is 2. The van der Waals surface area contributed by atoms with Gasteiger partial charge in [-0.15, -0.1) is 5.11 Å². The zero-order chi connectivity index (χ0) is 14.1. The molecule has 100 valence electrons. The summed E-state index contributed by atoms with van der Waals surface area (Å²) in [6, 6.07) is 15.5. The Morgan fingerprint density at radius 3 is 2.45 bits per heavy atom. The van der Waals surface area contributed by atoms with Crippen molar-refractivity contribution in [2.75, 3.05) is 0 Å². The van der Waals surface area contributed by atoms with Crippen LogP contribution >= 0.6 is 0 Å². The van der Waals surface area contributed by atoms with Gasteiger partial charge in [0.1, 0.15) is 0 Å². The van der Waals surface area contributed by atoms with Crippen LogP contribution in [0.5, 0.6) is 5.88 Å². The lowest BCUT2D eigenvalue weighted by Gasteiger charge is -1.97. The van der Waals surface area contributed by atoms with Crippen LogP contribution in [0.25, 0.3) is 10.9 Å². The van der Waals surface area contributed by atoms with E-state index >= 15 is 0 Å². The molecular weight excluding hydrogens is 250 g/mol. The van der Waals surface area contributed by atoms with Crippen LogP contribution in [-0.4, -0.2) is 9.67 Å². The molecule has 0 bridgehead atoms. The molecule has 0 atom stereocenters. The Morgan fingerprint density at radius 2 is 1.65 bits per heavy atom. The molecule has 1 N–H and O–H groups in total. The Kier molecular flexibility index (Phi) is 2.99. The molecule has 0 aliphatic carbocycles. The number of nitrogens with zero attached hydrogens (tertiary/aromatic N) is 3. The molecule has 2 aromatic carbocycles. The number of para-hydroxylation sites is 1. The van der Waals surface area contributed by atoms with E-state index in [9.17, 15) is 5.11 Å². The van der Waals surface area contributed by atoms with Crippen molar-refractivity contribution < 1.29 is 5.11 Å². The second kappa shape index (κ2) is 4.81. The van der Waals surface area contributed by atoms with Gasteiger partial charge in [0, 0.05) is 12.4 Å². The molecule has 0 fully saturated rings. The number of hydrogen-bond acceptors (Lipinski definition) is 3. The third-order valence-electron chi connectivity index (χ3n) is 3.42. The van der Waals surface area contributed by atoms with Crippen molar-refractivity contribution in [2.24, 2.45) is 17.3 Å². The highest BCUT2D eigenvalue weighted by Gasteiger charge is 2.13. The molecular formula is C16H15N3O. The first kappa shape index (κ1) is 12.4. The fraction of sp³-hybridized carbons (Fsp3) is 0.125. The van der Waals surface area contributed by atoms with Gasteiger partial charge in [-0.3, -0.25) is 0 Å². The minimum absolute atomic E-state index is 0.128. The smallest absolute Gasteiger partial charge is 0.220 e. The van der Waals surface area contributed by atoms with E-state index in [1.807, 2.05) is 62.5 Å². The zero-order valence-corrected chi connectivity index (χ0v) is 11.4. The Bertz CT molecular complexity index is 803. The first-order chi connectivity index (χ1) is 9.68. The highest BCUT2D eigenvalue weighted by molar-refractivity contribution is 5.94. The van der Waals surface area contributed by atoms with Gasteiger partial charge in [-0.05, 0) is 24.6 Å². The molecule has 1 aromatic heterocycles. The number of azo groups is 1. The molecule has 3 aromatic rings. The van der Waals surface area contributed by atoms with E-state index in [-0.39, 0.29) is 5.88 Å². The topological polar surface area (TPSA) is 49.9 Å². The first-order valence-electron chi connectivity index (χ1n) is 6.42. The standard InChI is InChI=1S/C16H15N3O/c1-11-7-3-5-9-13(11)17-18-15-12-8-4-6-10-14(12)19(2)16(15)20/h3-10,20H,1-2H3. The lowest BCUT2D eigenvalue weighted by molar-refractivity contribution is 0.436. The number of benzene rings is 2. The van der Waals surface area contributed by atoms with Crippen LogP contribution in [0.1, 0.15) is 5.56 Å². The second-order valence-electron chi connectivity index (χ2n) is 4.73. The molecule has 0 saturated heterocycles. The molecule has 20 heavy (non-hydrogen) atoms. The lowest BCUT2D eigenvalue weighted by Crippen LogP contribution is -1.84. The Hall–Kier alpha value is -2.62. The second-order valence-corrected chi connectivity index (χ2v) is 4.73. The van der Waals surface area contributed by atoms with E-state index in [2.05, 4.69) is 10.2 Å². The maximum Gasteiger partial charge on any atom is 0.220 e. The minimum Gasteiger partial charge on any atom is -0.493 e. The number of aromatic nitrogens is 1. The number of fused-ring (bicyclic) bond motifs is 1. The predicted octanol–water partition coefficient (Wildman–Crippen LogP) is 4.61. The van der Waals surface area contributed by atoms with Crippen molar-refractivity contribution in [1.82, 2.24) is 4.57 Å². The maximum absolute atomic E-state index is 10.2. The van der Waals surface area contributed by atoms with Crippen LogP contribution < -0.4 is 0 Å². The summed E-state index contributed by atoms with van der Waals surface area (Å²) < 4.78 is 1.71. The Morgan fingerprint density at radius 1 is 0.950 bits per heavy atom. The van der Waals surface area contributed by atoms with Gasteiger partial charge in [0.2, 0.25) is 5.88 Å². The van der Waals surface area contributed by atoms with E-state index in [0.29, 0.717) is 5.69 Å². The summed E-state index contributed by atoms with van der Waals surface area (Å²) in [7, 11) is 1.81. The van der Waals surface area contributed by atoms with E-state index in [0.717, 1.165) is 22.2 Å². The molecule has 4 heteroatoms. The van der Waals surface area contributed by atoms with Gasteiger partial charge in [0.25, 0.3) is 0 Å². The van der Waals surface area contributed by atoms with Gasteiger partial charge in [0.05, 0.1) is 11.2 Å². The van der Waals surface area contributed by atoms with Crippen molar-refractivity contribution in [3.63, 3.8) is 0 Å². The van der Waals surface area contributed by atoms with E-state index < -0.39 is 0 Å². The first-order valence-corrected chi connectivity index (χ1v) is 6.42. The molecule has 0 spiro atoms. The Balaban J connectivity index is 2.12. The summed E-state index contributed by atoms with van der Waals surface area (Å²) in [5.41, 5.74) is 3.30. The third kappa shape index (κ3) is 1.95. The van der Waals surface area contributed by atoms with Crippen LogP contribution in [0.3, 0.4) is 0 Å². The molecule has 0 unspecified atom stereocenters. The molecule has 0 saturated carbocycles. The number of aryl methyl sites for hydroxylation is 2. The van der Waals surface area contributed by atoms with Crippen LogP contribution in [0.15, 0.2) is 58.8 Å². The highest BCUT2D eigenvalue weighted by Crippen LogP contribution is 2.38. The quantitative estimate of drug-likeness (QED) is 0.676. The molecule has 3 rings (SSSR count). The van der Waals surface area contributed by atoms with Crippen molar-refractivity contribution >= 4 is 22.3 Å². The lowest BCUT2D eigenvalue weighted by atomic mass is 10.2. The summed E-state index contributed by atoms with van der Waals surface area (Å²) in [4.78, 5) is 0. The summed E-state index contributed by atoms with van der Waals surface area (Å²) in [5, 5.41) is 19.6. The highest BCUT2D eigenvalue weighted by atomic mass is 16.3. The monoisotopic (exact) mass is 265 g/mol. The van der Waals surface area contributed by atoms with Gasteiger partial charge in [-0.1, -0.05) is 36.4 Å². The third-order valence-corrected chi connectivity index (χ3v) is 3.42. The normalized spacial score (nSPS) is 11.5. The molecule has 0 aliphatic rings. The largest absolute Gasteiger partial charge is 0.493 e. The average molecular weight is 265 g/mol. The molecule has 0 radical (unpaired) electrons. The van der Waals surface area contributed by atoms with E-state index in [4.69, 9.17) is 0 Å².